The van der Waals surface area contributed by atoms with Crippen LogP contribution in [0.15, 0.2) is 66.6 Å². The van der Waals surface area contributed by atoms with Crippen LogP contribution in [0, 0.1) is 13.8 Å². The number of hydrogen-bond donors (Lipinski definition) is 1. The molecule has 35 heavy (non-hydrogen) atoms. The number of amides is 3. The Morgan fingerprint density at radius 2 is 1.89 bits per heavy atom. The van der Waals surface area contributed by atoms with E-state index in [4.69, 9.17) is 9.47 Å². The zero-order chi connectivity index (χ0) is 24.8. The lowest BCUT2D eigenvalue weighted by Gasteiger charge is -2.27. The van der Waals surface area contributed by atoms with E-state index in [1.807, 2.05) is 67.8 Å². The molecule has 182 valence electrons. The van der Waals surface area contributed by atoms with Gasteiger partial charge in [0.05, 0.1) is 6.54 Å². The van der Waals surface area contributed by atoms with E-state index in [1.165, 1.54) is 4.90 Å². The number of nitrogens with one attached hydrogen (secondary N) is 1. The standard InChI is InChI=1S/C27H29N3O4S/c1-4-12-29(27(32)28-23-9-5-7-19(2)20(23)3)17-26(31)30(16-22-8-6-13-35-22)15-21-10-11-24-25(14-21)34-18-33-24/h4-11,13-14H,1,12,15-18H2,2-3H3,(H,28,32). The summed E-state index contributed by atoms with van der Waals surface area (Å²) in [7, 11) is 0. The Bertz CT molecular complexity index is 1210. The summed E-state index contributed by atoms with van der Waals surface area (Å²) in [5, 5.41) is 4.93. The molecule has 4 rings (SSSR count). The number of benzene rings is 2. The van der Waals surface area contributed by atoms with Gasteiger partial charge in [-0.05, 0) is 60.2 Å². The fraction of sp³-hybridized carbons (Fsp3) is 0.259. The van der Waals surface area contributed by atoms with Crippen molar-refractivity contribution in [2.45, 2.75) is 26.9 Å². The van der Waals surface area contributed by atoms with Crippen LogP contribution in [0.1, 0.15) is 21.6 Å². The summed E-state index contributed by atoms with van der Waals surface area (Å²) in [5.41, 5.74) is 3.73. The number of ether oxygens (including phenoxy) is 2. The minimum atomic E-state index is -0.342. The predicted molar refractivity (Wildman–Crippen MR) is 138 cm³/mol. The molecule has 0 saturated carbocycles. The van der Waals surface area contributed by atoms with Crippen LogP contribution in [0.5, 0.6) is 11.5 Å². The van der Waals surface area contributed by atoms with Crippen LogP contribution < -0.4 is 14.8 Å². The van der Waals surface area contributed by atoms with E-state index in [9.17, 15) is 9.59 Å². The van der Waals surface area contributed by atoms with Gasteiger partial charge in [0.15, 0.2) is 11.5 Å². The number of rotatable bonds is 9. The number of thiophene rings is 1. The van der Waals surface area contributed by atoms with Crippen molar-refractivity contribution in [2.24, 2.45) is 0 Å². The van der Waals surface area contributed by atoms with Gasteiger partial charge >= 0.3 is 6.03 Å². The molecule has 0 bridgehead atoms. The quantitative estimate of drug-likeness (QED) is 0.410. The fourth-order valence-corrected chi connectivity index (χ4v) is 4.52. The molecule has 3 amide bonds. The first-order chi connectivity index (χ1) is 16.9. The molecule has 0 fully saturated rings. The van der Waals surface area contributed by atoms with Gasteiger partial charge in [-0.15, -0.1) is 17.9 Å². The normalized spacial score (nSPS) is 11.7. The first-order valence-corrected chi connectivity index (χ1v) is 12.2. The van der Waals surface area contributed by atoms with Crippen molar-refractivity contribution in [1.82, 2.24) is 9.80 Å². The van der Waals surface area contributed by atoms with Crippen LogP contribution in [0.2, 0.25) is 0 Å². The highest BCUT2D eigenvalue weighted by Gasteiger charge is 2.23. The Kier molecular flexibility index (Phi) is 7.72. The van der Waals surface area contributed by atoms with Crippen LogP contribution in [-0.2, 0) is 17.9 Å². The lowest BCUT2D eigenvalue weighted by molar-refractivity contribution is -0.132. The number of hydrogen-bond acceptors (Lipinski definition) is 5. The van der Waals surface area contributed by atoms with E-state index in [2.05, 4.69) is 11.9 Å². The molecular weight excluding hydrogens is 462 g/mol. The molecular formula is C27H29N3O4S. The first kappa shape index (κ1) is 24.3. The lowest BCUT2D eigenvalue weighted by Crippen LogP contribution is -2.44. The van der Waals surface area contributed by atoms with Crippen LogP contribution in [0.3, 0.4) is 0 Å². The van der Waals surface area contributed by atoms with E-state index in [-0.39, 0.29) is 31.8 Å². The molecule has 7 nitrogen and oxygen atoms in total. The molecule has 0 aliphatic carbocycles. The van der Waals surface area contributed by atoms with Crippen LogP contribution in [0.25, 0.3) is 0 Å². The third-order valence-corrected chi connectivity index (χ3v) is 6.76. The highest BCUT2D eigenvalue weighted by Crippen LogP contribution is 2.33. The summed E-state index contributed by atoms with van der Waals surface area (Å²) in [6.07, 6.45) is 1.62. The van der Waals surface area contributed by atoms with E-state index in [0.29, 0.717) is 24.6 Å². The molecule has 0 unspecified atom stereocenters. The maximum absolute atomic E-state index is 13.5. The molecule has 0 radical (unpaired) electrons. The van der Waals surface area contributed by atoms with Crippen LogP contribution in [0.4, 0.5) is 10.5 Å². The molecule has 1 aliphatic heterocycles. The Labute approximate surface area is 209 Å². The van der Waals surface area contributed by atoms with Crippen molar-refractivity contribution in [1.29, 1.82) is 0 Å². The van der Waals surface area contributed by atoms with Gasteiger partial charge in [0, 0.05) is 23.7 Å². The average molecular weight is 492 g/mol. The van der Waals surface area contributed by atoms with Crippen LogP contribution >= 0.6 is 11.3 Å². The maximum atomic E-state index is 13.5. The Morgan fingerprint density at radius 1 is 1.06 bits per heavy atom. The van der Waals surface area contributed by atoms with Crippen molar-refractivity contribution in [3.05, 3.63) is 88.1 Å². The third-order valence-electron chi connectivity index (χ3n) is 5.90. The molecule has 2 aromatic carbocycles. The number of carbonyl (C=O) groups excluding carboxylic acids is 2. The van der Waals surface area contributed by atoms with Crippen molar-refractivity contribution in [3.63, 3.8) is 0 Å². The molecule has 0 spiro atoms. The molecule has 8 heteroatoms. The number of urea groups is 1. The smallest absolute Gasteiger partial charge is 0.322 e. The molecule has 1 aromatic heterocycles. The van der Waals surface area contributed by atoms with Gasteiger partial charge < -0.3 is 24.6 Å². The topological polar surface area (TPSA) is 71.1 Å². The average Bonchev–Trinajstić information content (AvgIpc) is 3.53. The molecule has 0 atom stereocenters. The van der Waals surface area contributed by atoms with Crippen molar-refractivity contribution >= 4 is 29.0 Å². The largest absolute Gasteiger partial charge is 0.454 e. The predicted octanol–water partition coefficient (Wildman–Crippen LogP) is 5.34. The molecule has 0 saturated heterocycles. The third kappa shape index (κ3) is 6.02. The molecule has 2 heterocycles. The number of nitrogens with zero attached hydrogens (tertiary/aromatic N) is 2. The minimum absolute atomic E-state index is 0.0708. The Hall–Kier alpha value is -3.78. The number of aryl methyl sites for hydroxylation is 1. The van der Waals surface area contributed by atoms with E-state index < -0.39 is 0 Å². The second kappa shape index (κ2) is 11.1. The van der Waals surface area contributed by atoms with Crippen LogP contribution in [-0.4, -0.2) is 41.6 Å². The van der Waals surface area contributed by atoms with Gasteiger partial charge in [0.1, 0.15) is 6.54 Å². The number of anilines is 1. The molecule has 3 aromatic rings. The summed E-state index contributed by atoms with van der Waals surface area (Å²) < 4.78 is 10.9. The van der Waals surface area contributed by atoms with Gasteiger partial charge in [-0.2, -0.15) is 0 Å². The highest BCUT2D eigenvalue weighted by atomic mass is 32.1. The first-order valence-electron chi connectivity index (χ1n) is 11.4. The highest BCUT2D eigenvalue weighted by molar-refractivity contribution is 7.09. The van der Waals surface area contributed by atoms with E-state index in [0.717, 1.165) is 27.3 Å². The van der Waals surface area contributed by atoms with Gasteiger partial charge in [0.2, 0.25) is 12.7 Å². The summed E-state index contributed by atoms with van der Waals surface area (Å²) in [4.78, 5) is 30.9. The summed E-state index contributed by atoms with van der Waals surface area (Å²) in [6.45, 7) is 8.93. The molecule has 1 N–H and O–H groups in total. The zero-order valence-corrected chi connectivity index (χ0v) is 20.8. The second-order valence-electron chi connectivity index (χ2n) is 8.36. The number of carbonyl (C=O) groups is 2. The zero-order valence-electron chi connectivity index (χ0n) is 20.0. The van der Waals surface area contributed by atoms with Gasteiger partial charge in [0.25, 0.3) is 0 Å². The van der Waals surface area contributed by atoms with Crippen molar-refractivity contribution in [2.75, 3.05) is 25.2 Å². The Balaban J connectivity index is 1.50. The summed E-state index contributed by atoms with van der Waals surface area (Å²) >= 11 is 1.59. The minimum Gasteiger partial charge on any atom is -0.454 e. The Morgan fingerprint density at radius 3 is 2.66 bits per heavy atom. The van der Waals surface area contributed by atoms with E-state index in [1.54, 1.807) is 22.3 Å². The van der Waals surface area contributed by atoms with Crippen molar-refractivity contribution in [3.8, 4) is 11.5 Å². The van der Waals surface area contributed by atoms with Gasteiger partial charge in [-0.1, -0.05) is 30.3 Å². The fourth-order valence-electron chi connectivity index (χ4n) is 3.80. The maximum Gasteiger partial charge on any atom is 0.322 e. The number of fused-ring (bicyclic) bond motifs is 1. The van der Waals surface area contributed by atoms with Gasteiger partial charge in [-0.25, -0.2) is 4.79 Å². The summed E-state index contributed by atoms with van der Waals surface area (Å²) in [5.74, 6) is 1.21. The lowest BCUT2D eigenvalue weighted by atomic mass is 10.1. The van der Waals surface area contributed by atoms with E-state index >= 15 is 0 Å². The van der Waals surface area contributed by atoms with Gasteiger partial charge in [-0.3, -0.25) is 4.79 Å². The SMILES string of the molecule is C=CCN(CC(=O)N(Cc1ccc2c(c1)OCO2)Cc1cccs1)C(=O)Nc1cccc(C)c1C. The monoisotopic (exact) mass is 491 g/mol. The molecule has 1 aliphatic rings. The second-order valence-corrected chi connectivity index (χ2v) is 9.40. The summed E-state index contributed by atoms with van der Waals surface area (Å²) in [6, 6.07) is 15.0. The van der Waals surface area contributed by atoms with Crippen molar-refractivity contribution < 1.29 is 19.1 Å².